The third-order valence-electron chi connectivity index (χ3n) is 2.24. The van der Waals surface area contributed by atoms with Gasteiger partial charge in [-0.2, -0.15) is 0 Å². The van der Waals surface area contributed by atoms with Crippen LogP contribution in [0.4, 0.5) is 0 Å². The zero-order chi connectivity index (χ0) is 12.3. The lowest BCUT2D eigenvalue weighted by molar-refractivity contribution is 0.389. The summed E-state index contributed by atoms with van der Waals surface area (Å²) in [5.41, 5.74) is 0.406. The molecule has 5 nitrogen and oxygen atoms in total. The minimum Gasteiger partial charge on any atom is -0.360 e. The van der Waals surface area contributed by atoms with Gasteiger partial charge in [0.05, 0.1) is 0 Å². The van der Waals surface area contributed by atoms with Gasteiger partial charge >= 0.3 is 0 Å². The van der Waals surface area contributed by atoms with Gasteiger partial charge in [0.2, 0.25) is 10.0 Å². The summed E-state index contributed by atoms with van der Waals surface area (Å²) in [5, 5.41) is 4.43. The largest absolute Gasteiger partial charge is 0.360 e. The van der Waals surface area contributed by atoms with Crippen LogP contribution in [0.15, 0.2) is 9.42 Å². The first-order valence-electron chi connectivity index (χ1n) is 4.86. The minimum absolute atomic E-state index is 0.185. The topological polar surface area (TPSA) is 63.4 Å². The summed E-state index contributed by atoms with van der Waals surface area (Å²) in [6, 6.07) is 0. The van der Waals surface area contributed by atoms with E-state index >= 15 is 0 Å². The number of aryl methyl sites for hydroxylation is 2. The summed E-state index contributed by atoms with van der Waals surface area (Å²) < 4.78 is 30.5. The molecule has 16 heavy (non-hydrogen) atoms. The summed E-state index contributed by atoms with van der Waals surface area (Å²) in [4.78, 5) is 0.185. The Morgan fingerprint density at radius 2 is 2.06 bits per heavy atom. The lowest BCUT2D eigenvalue weighted by Gasteiger charge is -2.15. The summed E-state index contributed by atoms with van der Waals surface area (Å²) in [7, 11) is -1.91. The lowest BCUT2D eigenvalue weighted by atomic mass is 10.4. The maximum atomic E-state index is 12.2. The van der Waals surface area contributed by atoms with Crippen molar-refractivity contribution in [3.05, 3.63) is 11.5 Å². The fourth-order valence-corrected chi connectivity index (χ4v) is 3.14. The minimum atomic E-state index is -3.47. The van der Waals surface area contributed by atoms with Gasteiger partial charge in [-0.3, -0.25) is 0 Å². The molecule has 0 fully saturated rings. The quantitative estimate of drug-likeness (QED) is 0.776. The van der Waals surface area contributed by atoms with Gasteiger partial charge in [-0.1, -0.05) is 21.1 Å². The number of alkyl halides is 1. The molecule has 0 amide bonds. The molecule has 0 aliphatic carbocycles. The van der Waals surface area contributed by atoms with Gasteiger partial charge in [-0.15, -0.1) is 0 Å². The van der Waals surface area contributed by atoms with E-state index in [1.54, 1.807) is 20.9 Å². The number of hydrogen-bond donors (Lipinski definition) is 0. The molecule has 1 rings (SSSR count). The molecule has 92 valence electrons. The average molecular weight is 311 g/mol. The van der Waals surface area contributed by atoms with Crippen molar-refractivity contribution in [3.63, 3.8) is 0 Å². The first kappa shape index (κ1) is 13.7. The zero-order valence-corrected chi connectivity index (χ0v) is 11.9. The summed E-state index contributed by atoms with van der Waals surface area (Å²) >= 11 is 3.27. The zero-order valence-electron chi connectivity index (χ0n) is 9.53. The van der Waals surface area contributed by atoms with Crippen LogP contribution in [0.2, 0.25) is 0 Å². The van der Waals surface area contributed by atoms with Crippen LogP contribution < -0.4 is 0 Å². The first-order valence-corrected chi connectivity index (χ1v) is 7.42. The van der Waals surface area contributed by atoms with E-state index in [4.69, 9.17) is 4.52 Å². The Labute approximate surface area is 104 Å². The predicted octanol–water partition coefficient (Wildman–Crippen LogP) is 1.70. The Morgan fingerprint density at radius 3 is 2.50 bits per heavy atom. The van der Waals surface area contributed by atoms with Gasteiger partial charge in [-0.25, -0.2) is 12.7 Å². The predicted molar refractivity (Wildman–Crippen MR) is 64.2 cm³/mol. The Balaban J connectivity index is 3.02. The van der Waals surface area contributed by atoms with Crippen LogP contribution in [0.3, 0.4) is 0 Å². The highest BCUT2D eigenvalue weighted by Crippen LogP contribution is 2.22. The van der Waals surface area contributed by atoms with Gasteiger partial charge in [0.25, 0.3) is 0 Å². The van der Waals surface area contributed by atoms with E-state index in [0.29, 0.717) is 18.0 Å². The van der Waals surface area contributed by atoms with Crippen molar-refractivity contribution in [2.75, 3.05) is 18.9 Å². The van der Waals surface area contributed by atoms with E-state index in [0.717, 1.165) is 11.8 Å². The molecule has 0 spiro atoms. The Hall–Kier alpha value is -0.400. The number of hydrogen-bond acceptors (Lipinski definition) is 4. The summed E-state index contributed by atoms with van der Waals surface area (Å²) in [6.45, 7) is 3.70. The second-order valence-corrected chi connectivity index (χ2v) is 6.30. The third kappa shape index (κ3) is 2.64. The molecule has 0 N–H and O–H groups in total. The van der Waals surface area contributed by atoms with E-state index in [1.807, 2.05) is 0 Å². The Morgan fingerprint density at radius 1 is 1.44 bits per heavy atom. The number of halogens is 1. The number of sulfonamides is 1. The van der Waals surface area contributed by atoms with E-state index in [9.17, 15) is 8.42 Å². The van der Waals surface area contributed by atoms with Gasteiger partial charge in [-0.05, 0) is 20.3 Å². The van der Waals surface area contributed by atoms with Crippen molar-refractivity contribution in [2.45, 2.75) is 25.2 Å². The molecule has 0 aliphatic heterocycles. The third-order valence-corrected chi connectivity index (χ3v) is 4.91. The molecular formula is C9H15BrN2O3S. The van der Waals surface area contributed by atoms with Gasteiger partial charge < -0.3 is 4.52 Å². The standard InChI is InChI=1S/C9H15BrN2O3S/c1-7-9(8(2)15-11-7)16(13,14)12(3)6-4-5-10/h4-6H2,1-3H3. The summed E-state index contributed by atoms with van der Waals surface area (Å²) in [5.74, 6) is 0.336. The highest BCUT2D eigenvalue weighted by molar-refractivity contribution is 9.09. The van der Waals surface area contributed by atoms with Crippen LogP contribution in [-0.2, 0) is 10.0 Å². The number of aromatic nitrogens is 1. The molecule has 1 aromatic rings. The molecule has 7 heteroatoms. The molecule has 1 aromatic heterocycles. The van der Waals surface area contributed by atoms with Crippen molar-refractivity contribution in [1.82, 2.24) is 9.46 Å². The van der Waals surface area contributed by atoms with Gasteiger partial charge in [0.1, 0.15) is 10.6 Å². The molecular weight excluding hydrogens is 296 g/mol. The van der Waals surface area contributed by atoms with Crippen molar-refractivity contribution in [1.29, 1.82) is 0 Å². The molecule has 0 saturated carbocycles. The molecule has 0 unspecified atom stereocenters. The van der Waals surface area contributed by atoms with Crippen molar-refractivity contribution in [3.8, 4) is 0 Å². The number of nitrogens with zero attached hydrogens (tertiary/aromatic N) is 2. The van der Waals surface area contributed by atoms with Gasteiger partial charge in [0.15, 0.2) is 5.76 Å². The maximum absolute atomic E-state index is 12.2. The fourth-order valence-electron chi connectivity index (χ4n) is 1.40. The van der Waals surface area contributed by atoms with Crippen LogP contribution in [0.5, 0.6) is 0 Å². The van der Waals surface area contributed by atoms with E-state index in [2.05, 4.69) is 21.1 Å². The molecule has 0 aliphatic rings. The van der Waals surface area contributed by atoms with Crippen LogP contribution in [0.25, 0.3) is 0 Å². The first-order chi connectivity index (χ1) is 7.41. The molecule has 0 aromatic carbocycles. The molecule has 0 radical (unpaired) electrons. The monoisotopic (exact) mass is 310 g/mol. The fraction of sp³-hybridized carbons (Fsp3) is 0.667. The van der Waals surface area contributed by atoms with E-state index in [-0.39, 0.29) is 4.90 Å². The van der Waals surface area contributed by atoms with E-state index < -0.39 is 10.0 Å². The van der Waals surface area contributed by atoms with Crippen molar-refractivity contribution < 1.29 is 12.9 Å². The SMILES string of the molecule is Cc1noc(C)c1S(=O)(=O)N(C)CCCBr. The summed E-state index contributed by atoms with van der Waals surface area (Å²) in [6.07, 6.45) is 0.763. The smallest absolute Gasteiger partial charge is 0.248 e. The second-order valence-electron chi connectivity index (χ2n) is 3.52. The van der Waals surface area contributed by atoms with Crippen molar-refractivity contribution >= 4 is 26.0 Å². The Kier molecular flexibility index (Phi) is 4.52. The molecule has 0 bridgehead atoms. The van der Waals surface area contributed by atoms with Crippen LogP contribution in [0, 0.1) is 13.8 Å². The molecule has 0 saturated heterocycles. The van der Waals surface area contributed by atoms with Crippen molar-refractivity contribution in [2.24, 2.45) is 0 Å². The average Bonchev–Trinajstić information content (AvgIpc) is 2.55. The molecule has 1 heterocycles. The van der Waals surface area contributed by atoms with Crippen LogP contribution in [-0.4, -0.2) is 36.8 Å². The highest BCUT2D eigenvalue weighted by Gasteiger charge is 2.27. The lowest BCUT2D eigenvalue weighted by Crippen LogP contribution is -2.28. The molecule has 0 atom stereocenters. The number of rotatable bonds is 5. The van der Waals surface area contributed by atoms with Gasteiger partial charge in [0, 0.05) is 18.9 Å². The normalized spacial score (nSPS) is 12.3. The van der Waals surface area contributed by atoms with Crippen LogP contribution >= 0.6 is 15.9 Å². The maximum Gasteiger partial charge on any atom is 0.248 e. The van der Waals surface area contributed by atoms with Crippen LogP contribution in [0.1, 0.15) is 17.9 Å². The highest BCUT2D eigenvalue weighted by atomic mass is 79.9. The second kappa shape index (κ2) is 5.29. The Bertz CT molecular complexity index is 436. The van der Waals surface area contributed by atoms with E-state index in [1.165, 1.54) is 4.31 Å².